The van der Waals surface area contributed by atoms with Crippen LogP contribution in [-0.2, 0) is 15.1 Å². The second kappa shape index (κ2) is 3.81. The van der Waals surface area contributed by atoms with Crippen LogP contribution in [0.25, 0.3) is 0 Å². The van der Waals surface area contributed by atoms with Gasteiger partial charge in [-0.25, -0.2) is 18.2 Å². The molecule has 1 N–H and O–H groups in total. The number of hydrogen-bond acceptors (Lipinski definition) is 2. The normalized spacial score (nSPS) is 11.8. The lowest BCUT2D eigenvalue weighted by molar-refractivity contribution is 0.199. The van der Waals surface area contributed by atoms with Gasteiger partial charge in [-0.3, -0.25) is 0 Å². The smallest absolute Gasteiger partial charge is 0.211 e. The zero-order valence-electron chi connectivity index (χ0n) is 5.25. The molecule has 0 aliphatic heterocycles. The molecule has 0 aromatic heterocycles. The van der Waals surface area contributed by atoms with Crippen LogP contribution in [-0.4, -0.2) is 27.3 Å². The Bertz CT molecular complexity index is 151. The highest BCUT2D eigenvalue weighted by molar-refractivity contribution is 7.89. The van der Waals surface area contributed by atoms with Gasteiger partial charge in [0.15, 0.2) is 0 Å². The van der Waals surface area contributed by atoms with E-state index in [0.29, 0.717) is 0 Å². The molecular weight excluding hydrogens is 142 g/mol. The SMILES string of the molecule is CCS(=O)(=O)NCC[O]. The number of sulfonamides is 1. The molecular formula is C4H10NO3S. The number of rotatable bonds is 4. The van der Waals surface area contributed by atoms with Crippen molar-refractivity contribution in [3.05, 3.63) is 0 Å². The standard InChI is InChI=1S/C4H10NO3S/c1-2-9(7,8)5-3-4-6/h5H,2-4H2,1H3. The first-order valence-electron chi connectivity index (χ1n) is 2.68. The first-order chi connectivity index (χ1) is 4.12. The lowest BCUT2D eigenvalue weighted by atomic mass is 10.8. The van der Waals surface area contributed by atoms with Crippen molar-refractivity contribution >= 4 is 10.0 Å². The summed E-state index contributed by atoms with van der Waals surface area (Å²) in [6, 6.07) is 0. The second-order valence-electron chi connectivity index (χ2n) is 1.50. The maximum atomic E-state index is 10.5. The largest absolute Gasteiger partial charge is 0.235 e. The lowest BCUT2D eigenvalue weighted by Crippen LogP contribution is -2.27. The van der Waals surface area contributed by atoms with Crippen LogP contribution in [0.15, 0.2) is 0 Å². The van der Waals surface area contributed by atoms with Gasteiger partial charge < -0.3 is 0 Å². The molecule has 0 bridgehead atoms. The third-order valence-electron chi connectivity index (χ3n) is 0.804. The number of hydrogen-bond donors (Lipinski definition) is 1. The fourth-order valence-corrected chi connectivity index (χ4v) is 0.898. The van der Waals surface area contributed by atoms with Gasteiger partial charge in [0.05, 0.1) is 12.4 Å². The van der Waals surface area contributed by atoms with E-state index in [1.807, 2.05) is 0 Å². The van der Waals surface area contributed by atoms with E-state index >= 15 is 0 Å². The average molecular weight is 152 g/mol. The summed E-state index contributed by atoms with van der Waals surface area (Å²) in [6.45, 7) is 1.11. The Kier molecular flexibility index (Phi) is 3.76. The van der Waals surface area contributed by atoms with Crippen LogP contribution in [0.4, 0.5) is 0 Å². The van der Waals surface area contributed by atoms with Crippen LogP contribution in [0.3, 0.4) is 0 Å². The van der Waals surface area contributed by atoms with Gasteiger partial charge in [-0.1, -0.05) is 0 Å². The minimum atomic E-state index is -3.13. The maximum absolute atomic E-state index is 10.5. The Morgan fingerprint density at radius 1 is 1.44 bits per heavy atom. The van der Waals surface area contributed by atoms with Crippen molar-refractivity contribution in [3.8, 4) is 0 Å². The molecule has 0 fully saturated rings. The van der Waals surface area contributed by atoms with Crippen LogP contribution in [0.2, 0.25) is 0 Å². The molecule has 0 saturated heterocycles. The molecule has 0 aliphatic rings. The van der Waals surface area contributed by atoms with Gasteiger partial charge in [-0.15, -0.1) is 0 Å². The summed E-state index contributed by atoms with van der Waals surface area (Å²) in [5, 5.41) is 9.77. The molecule has 0 aromatic carbocycles. The van der Waals surface area contributed by atoms with E-state index < -0.39 is 16.6 Å². The second-order valence-corrected chi connectivity index (χ2v) is 3.60. The molecule has 0 saturated carbocycles. The van der Waals surface area contributed by atoms with Crippen LogP contribution in [0.1, 0.15) is 6.92 Å². The zero-order chi connectivity index (χ0) is 7.33. The summed E-state index contributed by atoms with van der Waals surface area (Å²) >= 11 is 0. The van der Waals surface area contributed by atoms with Crippen molar-refractivity contribution in [1.82, 2.24) is 4.72 Å². The van der Waals surface area contributed by atoms with Crippen molar-refractivity contribution in [1.29, 1.82) is 0 Å². The van der Waals surface area contributed by atoms with Crippen LogP contribution >= 0.6 is 0 Å². The van der Waals surface area contributed by atoms with Gasteiger partial charge in [0, 0.05) is 6.54 Å². The fourth-order valence-electron chi connectivity index (χ4n) is 0.299. The van der Waals surface area contributed by atoms with Crippen LogP contribution < -0.4 is 4.72 Å². The molecule has 0 spiro atoms. The van der Waals surface area contributed by atoms with Gasteiger partial charge in [0.2, 0.25) is 10.0 Å². The molecule has 0 aromatic rings. The predicted molar refractivity (Wildman–Crippen MR) is 33.0 cm³/mol. The van der Waals surface area contributed by atoms with E-state index in [0.717, 1.165) is 0 Å². The van der Waals surface area contributed by atoms with Gasteiger partial charge in [0.1, 0.15) is 0 Å². The first-order valence-corrected chi connectivity index (χ1v) is 4.33. The topological polar surface area (TPSA) is 66.1 Å². The Hall–Kier alpha value is -0.130. The Morgan fingerprint density at radius 2 is 2.00 bits per heavy atom. The molecule has 1 radical (unpaired) electrons. The van der Waals surface area contributed by atoms with E-state index in [2.05, 4.69) is 4.72 Å². The van der Waals surface area contributed by atoms with Crippen molar-refractivity contribution in [2.45, 2.75) is 6.92 Å². The van der Waals surface area contributed by atoms with E-state index in [1.165, 1.54) is 6.92 Å². The van der Waals surface area contributed by atoms with Gasteiger partial charge in [-0.2, -0.15) is 0 Å². The molecule has 0 aliphatic carbocycles. The van der Waals surface area contributed by atoms with Crippen molar-refractivity contribution in [2.24, 2.45) is 0 Å². The fraction of sp³-hybridized carbons (Fsp3) is 1.00. The van der Waals surface area contributed by atoms with Crippen LogP contribution in [0.5, 0.6) is 0 Å². The molecule has 0 atom stereocenters. The minimum absolute atomic E-state index is 0.00380. The predicted octanol–water partition coefficient (Wildman–Crippen LogP) is -0.644. The molecule has 0 heterocycles. The molecule has 0 unspecified atom stereocenters. The third kappa shape index (κ3) is 4.38. The first kappa shape index (κ1) is 8.87. The quantitative estimate of drug-likeness (QED) is 0.582. The summed E-state index contributed by atoms with van der Waals surface area (Å²) in [6.07, 6.45) is 0. The monoisotopic (exact) mass is 152 g/mol. The van der Waals surface area contributed by atoms with Gasteiger partial charge in [-0.05, 0) is 6.92 Å². The summed E-state index contributed by atoms with van der Waals surface area (Å²) < 4.78 is 23.1. The third-order valence-corrected chi connectivity index (χ3v) is 2.21. The highest BCUT2D eigenvalue weighted by atomic mass is 32.2. The highest BCUT2D eigenvalue weighted by Gasteiger charge is 2.02. The highest BCUT2D eigenvalue weighted by Crippen LogP contribution is 1.78. The molecule has 4 nitrogen and oxygen atoms in total. The number of nitrogens with one attached hydrogen (secondary N) is 1. The summed E-state index contributed by atoms with van der Waals surface area (Å²) in [4.78, 5) is 0. The van der Waals surface area contributed by atoms with E-state index in [9.17, 15) is 13.5 Å². The van der Waals surface area contributed by atoms with Crippen molar-refractivity contribution in [3.63, 3.8) is 0 Å². The molecule has 9 heavy (non-hydrogen) atoms. The van der Waals surface area contributed by atoms with E-state index in [4.69, 9.17) is 0 Å². The molecule has 5 heteroatoms. The summed E-state index contributed by atoms with van der Waals surface area (Å²) in [5.41, 5.74) is 0. The zero-order valence-corrected chi connectivity index (χ0v) is 6.07. The Labute approximate surface area is 54.9 Å². The van der Waals surface area contributed by atoms with E-state index in [1.54, 1.807) is 0 Å². The summed E-state index contributed by atoms with van der Waals surface area (Å²) in [7, 11) is -3.13. The van der Waals surface area contributed by atoms with Crippen LogP contribution in [0, 0.1) is 0 Å². The average Bonchev–Trinajstić information content (AvgIpc) is 1.84. The molecule has 0 amide bonds. The lowest BCUT2D eigenvalue weighted by Gasteiger charge is -1.98. The molecule has 0 rings (SSSR count). The van der Waals surface area contributed by atoms with Crippen molar-refractivity contribution < 1.29 is 13.5 Å². The minimum Gasteiger partial charge on any atom is -0.235 e. The van der Waals surface area contributed by atoms with E-state index in [-0.39, 0.29) is 12.3 Å². The van der Waals surface area contributed by atoms with Crippen molar-refractivity contribution in [2.75, 3.05) is 18.9 Å². The Morgan fingerprint density at radius 3 is 2.33 bits per heavy atom. The summed E-state index contributed by atoms with van der Waals surface area (Å²) in [5.74, 6) is 0.0347. The Balaban J connectivity index is 3.61. The molecule has 55 valence electrons. The van der Waals surface area contributed by atoms with Gasteiger partial charge in [0.25, 0.3) is 0 Å². The van der Waals surface area contributed by atoms with Gasteiger partial charge >= 0.3 is 0 Å². The maximum Gasteiger partial charge on any atom is 0.211 e.